The summed E-state index contributed by atoms with van der Waals surface area (Å²) in [5.74, 6) is 0.440. The van der Waals surface area contributed by atoms with E-state index in [1.807, 2.05) is 6.92 Å². The largest absolute Gasteiger partial charge is 0.363 e. The third-order valence-electron chi connectivity index (χ3n) is 2.43. The average molecular weight is 253 g/mol. The molecule has 0 unspecified atom stereocenters. The van der Waals surface area contributed by atoms with Gasteiger partial charge in [-0.25, -0.2) is 0 Å². The first kappa shape index (κ1) is 14.2. The first-order valence-electron chi connectivity index (χ1n) is 6.19. The number of nitrogens with one attached hydrogen (secondary N) is 2. The molecule has 1 rings (SSSR count). The number of nitrogens with zero attached hydrogens (tertiary/aromatic N) is 1. The molecule has 6 nitrogen and oxygen atoms in total. The van der Waals surface area contributed by atoms with Crippen molar-refractivity contribution in [2.45, 2.75) is 39.0 Å². The zero-order chi connectivity index (χ0) is 13.2. The van der Waals surface area contributed by atoms with Gasteiger partial charge in [0.05, 0.1) is 0 Å². The molecule has 0 saturated heterocycles. The minimum absolute atomic E-state index is 0.0681. The molecule has 2 amide bonds. The molecule has 18 heavy (non-hydrogen) atoms. The molecular formula is C12H19N3O3. The number of carbonyl (C=O) groups excluding carboxylic acids is 2. The lowest BCUT2D eigenvalue weighted by atomic mass is 10.2. The normalized spacial score (nSPS) is 10.1. The Morgan fingerprint density at radius 1 is 1.28 bits per heavy atom. The minimum atomic E-state index is -0.0681. The molecule has 1 aromatic heterocycles. The van der Waals surface area contributed by atoms with Gasteiger partial charge >= 0.3 is 0 Å². The van der Waals surface area contributed by atoms with Crippen LogP contribution in [0.5, 0.6) is 0 Å². The molecule has 0 aliphatic rings. The van der Waals surface area contributed by atoms with E-state index in [0.29, 0.717) is 25.2 Å². The molecule has 0 saturated carbocycles. The lowest BCUT2D eigenvalue weighted by molar-refractivity contribution is -0.121. The van der Waals surface area contributed by atoms with E-state index >= 15 is 0 Å². The highest BCUT2D eigenvalue weighted by Crippen LogP contribution is 2.04. The predicted octanol–water partition coefficient (Wildman–Crippen LogP) is 1.70. The van der Waals surface area contributed by atoms with E-state index in [1.54, 1.807) is 6.07 Å². The van der Waals surface area contributed by atoms with Gasteiger partial charge in [-0.1, -0.05) is 18.5 Å². The number of anilines is 1. The van der Waals surface area contributed by atoms with E-state index in [4.69, 9.17) is 0 Å². The van der Waals surface area contributed by atoms with E-state index < -0.39 is 0 Å². The predicted molar refractivity (Wildman–Crippen MR) is 66.9 cm³/mol. The lowest BCUT2D eigenvalue weighted by Crippen LogP contribution is -2.23. The Balaban J connectivity index is 1.97. The number of rotatable bonds is 8. The van der Waals surface area contributed by atoms with Crippen LogP contribution in [0.1, 0.15) is 39.0 Å². The van der Waals surface area contributed by atoms with Gasteiger partial charge in [-0.3, -0.25) is 9.59 Å². The highest BCUT2D eigenvalue weighted by atomic mass is 16.5. The van der Waals surface area contributed by atoms with E-state index in [-0.39, 0.29) is 11.8 Å². The summed E-state index contributed by atoms with van der Waals surface area (Å²) in [4.78, 5) is 22.4. The summed E-state index contributed by atoms with van der Waals surface area (Å²) in [6.45, 7) is 2.50. The smallest absolute Gasteiger partial charge is 0.225 e. The van der Waals surface area contributed by atoms with Crippen LogP contribution in [0.25, 0.3) is 0 Å². The topological polar surface area (TPSA) is 84.2 Å². The third-order valence-corrected chi connectivity index (χ3v) is 2.43. The molecule has 2 N–H and O–H groups in total. The SMILES string of the molecule is CCC(=O)NCCCCCC(=O)Nc1ccon1. The van der Waals surface area contributed by atoms with Crippen LogP contribution in [0.4, 0.5) is 5.82 Å². The number of amides is 2. The van der Waals surface area contributed by atoms with Crippen molar-refractivity contribution in [3.8, 4) is 0 Å². The fourth-order valence-electron chi connectivity index (χ4n) is 1.42. The summed E-state index contributed by atoms with van der Waals surface area (Å²) in [5, 5.41) is 9.01. The molecule has 1 aromatic rings. The summed E-state index contributed by atoms with van der Waals surface area (Å²) in [6, 6.07) is 1.60. The summed E-state index contributed by atoms with van der Waals surface area (Å²) in [7, 11) is 0. The van der Waals surface area contributed by atoms with Gasteiger partial charge < -0.3 is 15.2 Å². The van der Waals surface area contributed by atoms with Crippen LogP contribution in [-0.4, -0.2) is 23.5 Å². The molecule has 0 aliphatic carbocycles. The van der Waals surface area contributed by atoms with E-state index in [0.717, 1.165) is 19.3 Å². The van der Waals surface area contributed by atoms with Gasteiger partial charge in [0.25, 0.3) is 0 Å². The van der Waals surface area contributed by atoms with Crippen molar-refractivity contribution < 1.29 is 14.1 Å². The molecule has 100 valence electrons. The highest BCUT2D eigenvalue weighted by molar-refractivity contribution is 5.89. The Kier molecular flexibility index (Phi) is 6.53. The number of hydrogen-bond donors (Lipinski definition) is 2. The maximum absolute atomic E-state index is 11.4. The highest BCUT2D eigenvalue weighted by Gasteiger charge is 2.04. The van der Waals surface area contributed by atoms with E-state index in [1.165, 1.54) is 6.26 Å². The Labute approximate surface area is 106 Å². The first-order chi connectivity index (χ1) is 8.72. The second-order valence-corrected chi connectivity index (χ2v) is 3.95. The van der Waals surface area contributed by atoms with E-state index in [2.05, 4.69) is 20.3 Å². The Morgan fingerprint density at radius 2 is 2.11 bits per heavy atom. The summed E-state index contributed by atoms with van der Waals surface area (Å²) in [6.07, 6.45) is 4.98. The average Bonchev–Trinajstić information content (AvgIpc) is 2.85. The molecule has 6 heteroatoms. The van der Waals surface area contributed by atoms with E-state index in [9.17, 15) is 9.59 Å². The molecule has 0 aliphatic heterocycles. The minimum Gasteiger partial charge on any atom is -0.363 e. The molecular weight excluding hydrogens is 234 g/mol. The summed E-state index contributed by atoms with van der Waals surface area (Å²) >= 11 is 0. The van der Waals surface area contributed by atoms with Gasteiger partial charge in [0.1, 0.15) is 6.26 Å². The van der Waals surface area contributed by atoms with Gasteiger partial charge in [-0.05, 0) is 12.8 Å². The zero-order valence-corrected chi connectivity index (χ0v) is 10.6. The molecule has 0 radical (unpaired) electrons. The van der Waals surface area contributed by atoms with Crippen molar-refractivity contribution in [3.63, 3.8) is 0 Å². The van der Waals surface area contributed by atoms with Crippen molar-refractivity contribution in [1.82, 2.24) is 10.5 Å². The van der Waals surface area contributed by atoms with Crippen LogP contribution < -0.4 is 10.6 Å². The molecule has 0 spiro atoms. The van der Waals surface area contributed by atoms with Gasteiger partial charge in [-0.15, -0.1) is 0 Å². The number of hydrogen-bond acceptors (Lipinski definition) is 4. The van der Waals surface area contributed by atoms with Crippen molar-refractivity contribution in [3.05, 3.63) is 12.3 Å². The molecule has 0 aromatic carbocycles. The zero-order valence-electron chi connectivity index (χ0n) is 10.6. The standard InChI is InChI=1S/C12H19N3O3/c1-2-11(16)13-8-5-3-4-6-12(17)14-10-7-9-18-15-10/h7,9H,2-6,8H2,1H3,(H,13,16)(H,14,15,17). The molecule has 0 fully saturated rings. The van der Waals surface area contributed by atoms with Gasteiger partial charge in [0.15, 0.2) is 5.82 Å². The van der Waals surface area contributed by atoms with Crippen LogP contribution >= 0.6 is 0 Å². The van der Waals surface area contributed by atoms with Crippen molar-refractivity contribution >= 4 is 17.6 Å². The monoisotopic (exact) mass is 253 g/mol. The maximum Gasteiger partial charge on any atom is 0.225 e. The second-order valence-electron chi connectivity index (χ2n) is 3.95. The number of unbranched alkanes of at least 4 members (excludes halogenated alkanes) is 2. The molecule has 0 atom stereocenters. The second kappa shape index (κ2) is 8.27. The Morgan fingerprint density at radius 3 is 2.78 bits per heavy atom. The Hall–Kier alpha value is -1.85. The summed E-state index contributed by atoms with van der Waals surface area (Å²) in [5.41, 5.74) is 0. The van der Waals surface area contributed by atoms with Crippen LogP contribution in [0, 0.1) is 0 Å². The summed E-state index contributed by atoms with van der Waals surface area (Å²) < 4.78 is 4.60. The van der Waals surface area contributed by atoms with Crippen molar-refractivity contribution in [1.29, 1.82) is 0 Å². The van der Waals surface area contributed by atoms with Crippen molar-refractivity contribution in [2.24, 2.45) is 0 Å². The van der Waals surface area contributed by atoms with Gasteiger partial charge in [0.2, 0.25) is 11.8 Å². The lowest BCUT2D eigenvalue weighted by Gasteiger charge is -2.03. The fourth-order valence-corrected chi connectivity index (χ4v) is 1.42. The van der Waals surface area contributed by atoms with Crippen LogP contribution in [0.3, 0.4) is 0 Å². The quantitative estimate of drug-likeness (QED) is 0.690. The number of aromatic nitrogens is 1. The maximum atomic E-state index is 11.4. The Bertz CT molecular complexity index is 363. The van der Waals surface area contributed by atoms with Crippen molar-refractivity contribution in [2.75, 3.05) is 11.9 Å². The van der Waals surface area contributed by atoms with Gasteiger partial charge in [-0.2, -0.15) is 0 Å². The van der Waals surface area contributed by atoms with Crippen LogP contribution in [0.2, 0.25) is 0 Å². The third kappa shape index (κ3) is 6.03. The fraction of sp³-hybridized carbons (Fsp3) is 0.583. The first-order valence-corrected chi connectivity index (χ1v) is 6.19. The molecule has 0 bridgehead atoms. The van der Waals surface area contributed by atoms with Gasteiger partial charge in [0, 0.05) is 25.5 Å². The van der Waals surface area contributed by atoms with Crippen LogP contribution in [-0.2, 0) is 9.59 Å². The number of carbonyl (C=O) groups is 2. The molecule has 1 heterocycles. The van der Waals surface area contributed by atoms with Crippen LogP contribution in [0.15, 0.2) is 16.9 Å².